The van der Waals surface area contributed by atoms with Crippen LogP contribution in [0.1, 0.15) is 13.3 Å². The summed E-state index contributed by atoms with van der Waals surface area (Å²) in [7, 11) is 0. The van der Waals surface area contributed by atoms with Gasteiger partial charge in [-0.15, -0.1) is 10.2 Å². The van der Waals surface area contributed by atoms with Gasteiger partial charge in [0, 0.05) is 12.3 Å². The van der Waals surface area contributed by atoms with E-state index in [9.17, 15) is 4.79 Å². The van der Waals surface area contributed by atoms with Crippen molar-refractivity contribution in [2.24, 2.45) is 0 Å². The van der Waals surface area contributed by atoms with Crippen LogP contribution in [-0.4, -0.2) is 39.6 Å². The van der Waals surface area contributed by atoms with Crippen molar-refractivity contribution in [1.29, 1.82) is 0 Å². The van der Waals surface area contributed by atoms with Gasteiger partial charge in [-0.2, -0.15) is 0 Å². The van der Waals surface area contributed by atoms with Crippen molar-refractivity contribution in [1.82, 2.24) is 14.8 Å². The normalized spacial score (nSPS) is 13.3. The predicted molar refractivity (Wildman–Crippen MR) is 87.1 cm³/mol. The number of hydrogen-bond donors (Lipinski definition) is 1. The van der Waals surface area contributed by atoms with E-state index >= 15 is 0 Å². The first-order valence-corrected chi connectivity index (χ1v) is 8.46. The molecule has 8 heteroatoms. The monoisotopic (exact) mass is 334 g/mol. The number of carbonyl (C=O) groups is 1. The van der Waals surface area contributed by atoms with Crippen molar-refractivity contribution in [3.8, 4) is 11.5 Å². The minimum absolute atomic E-state index is 0.0800. The van der Waals surface area contributed by atoms with E-state index in [4.69, 9.17) is 9.47 Å². The molecule has 2 aromatic rings. The number of thioether (sulfide) groups is 1. The smallest absolute Gasteiger partial charge is 0.264 e. The second-order valence-corrected chi connectivity index (χ2v) is 5.96. The third kappa shape index (κ3) is 3.95. The highest BCUT2D eigenvalue weighted by Crippen LogP contribution is 2.25. The largest absolute Gasteiger partial charge is 0.494 e. The zero-order valence-electron chi connectivity index (χ0n) is 12.8. The summed E-state index contributed by atoms with van der Waals surface area (Å²) < 4.78 is 12.7. The molecule has 1 N–H and O–H groups in total. The van der Waals surface area contributed by atoms with Crippen LogP contribution < -0.4 is 14.8 Å². The van der Waals surface area contributed by atoms with E-state index in [1.54, 1.807) is 23.9 Å². The fourth-order valence-corrected chi connectivity index (χ4v) is 3.07. The van der Waals surface area contributed by atoms with Crippen LogP contribution in [0.2, 0.25) is 0 Å². The number of nitrogens with one attached hydrogen (secondary N) is 1. The molecular weight excluding hydrogens is 316 g/mol. The molecule has 1 aliphatic heterocycles. The second-order valence-electron chi connectivity index (χ2n) is 4.90. The lowest BCUT2D eigenvalue weighted by molar-refractivity contribution is -0.118. The summed E-state index contributed by atoms with van der Waals surface area (Å²) in [6.45, 7) is 3.29. The van der Waals surface area contributed by atoms with Gasteiger partial charge >= 0.3 is 0 Å². The van der Waals surface area contributed by atoms with Crippen LogP contribution in [0.3, 0.4) is 0 Å². The summed E-state index contributed by atoms with van der Waals surface area (Å²) in [5, 5.41) is 11.7. The lowest BCUT2D eigenvalue weighted by Gasteiger charge is -2.14. The SMILES string of the molecule is CCOc1ccc(OCC(=O)Nc2nnc3n2CCCS3)cc1. The van der Waals surface area contributed by atoms with Crippen LogP contribution in [0.4, 0.5) is 5.95 Å². The van der Waals surface area contributed by atoms with Gasteiger partial charge in [-0.1, -0.05) is 11.8 Å². The van der Waals surface area contributed by atoms with Gasteiger partial charge in [0.2, 0.25) is 5.95 Å². The number of amides is 1. The third-order valence-electron chi connectivity index (χ3n) is 3.23. The van der Waals surface area contributed by atoms with Crippen molar-refractivity contribution < 1.29 is 14.3 Å². The Balaban J connectivity index is 1.52. The number of hydrogen-bond acceptors (Lipinski definition) is 6. The van der Waals surface area contributed by atoms with Gasteiger partial charge in [-0.25, -0.2) is 0 Å². The maximum absolute atomic E-state index is 12.0. The topological polar surface area (TPSA) is 78.3 Å². The number of anilines is 1. The van der Waals surface area contributed by atoms with Crippen molar-refractivity contribution in [2.45, 2.75) is 25.0 Å². The fraction of sp³-hybridized carbons (Fsp3) is 0.400. The van der Waals surface area contributed by atoms with E-state index in [0.29, 0.717) is 18.3 Å². The maximum atomic E-state index is 12.0. The molecule has 0 saturated carbocycles. The Morgan fingerprint density at radius 1 is 1.26 bits per heavy atom. The molecule has 0 aliphatic carbocycles. The Hall–Kier alpha value is -2.22. The molecule has 1 aromatic heterocycles. The number of carbonyl (C=O) groups excluding carboxylic acids is 1. The van der Waals surface area contributed by atoms with E-state index in [1.165, 1.54) is 0 Å². The lowest BCUT2D eigenvalue weighted by Crippen LogP contribution is -2.23. The summed E-state index contributed by atoms with van der Waals surface area (Å²) in [6, 6.07) is 7.16. The molecule has 0 atom stereocenters. The van der Waals surface area contributed by atoms with Crippen LogP contribution in [0.5, 0.6) is 11.5 Å². The molecule has 2 heterocycles. The average molecular weight is 334 g/mol. The standard InChI is InChI=1S/C15H18N4O3S/c1-2-21-11-4-6-12(7-5-11)22-10-13(20)16-14-17-18-15-19(14)8-3-9-23-15/h4-7H,2-3,8-10H2,1H3,(H,16,17,20). The molecule has 1 aliphatic rings. The van der Waals surface area contributed by atoms with Crippen LogP contribution in [0.15, 0.2) is 29.4 Å². The average Bonchev–Trinajstić information content (AvgIpc) is 2.98. The number of aromatic nitrogens is 3. The van der Waals surface area contributed by atoms with Crippen LogP contribution in [0, 0.1) is 0 Å². The first-order valence-electron chi connectivity index (χ1n) is 7.48. The predicted octanol–water partition coefficient (Wildman–Crippen LogP) is 2.19. The summed E-state index contributed by atoms with van der Waals surface area (Å²) >= 11 is 1.65. The molecule has 0 bridgehead atoms. The molecule has 0 saturated heterocycles. The first kappa shape index (κ1) is 15.7. The second kappa shape index (κ2) is 7.36. The van der Waals surface area contributed by atoms with Crippen molar-refractivity contribution in [2.75, 3.05) is 24.3 Å². The lowest BCUT2D eigenvalue weighted by atomic mass is 10.3. The Labute approximate surface area is 138 Å². The van der Waals surface area contributed by atoms with Crippen LogP contribution in [-0.2, 0) is 11.3 Å². The molecule has 0 radical (unpaired) electrons. The summed E-state index contributed by atoms with van der Waals surface area (Å²) in [6.07, 6.45) is 1.04. The molecule has 0 fully saturated rings. The van der Waals surface area contributed by atoms with Gasteiger partial charge in [-0.05, 0) is 37.6 Å². The van der Waals surface area contributed by atoms with Gasteiger partial charge < -0.3 is 9.47 Å². The minimum Gasteiger partial charge on any atom is -0.494 e. The highest BCUT2D eigenvalue weighted by Gasteiger charge is 2.17. The fourth-order valence-electron chi connectivity index (χ4n) is 2.18. The molecule has 3 rings (SSSR count). The van der Waals surface area contributed by atoms with Crippen LogP contribution in [0.25, 0.3) is 0 Å². The van der Waals surface area contributed by atoms with E-state index in [-0.39, 0.29) is 12.5 Å². The minimum atomic E-state index is -0.260. The summed E-state index contributed by atoms with van der Waals surface area (Å²) in [4.78, 5) is 12.0. The van der Waals surface area contributed by atoms with Crippen molar-refractivity contribution in [3.63, 3.8) is 0 Å². The number of benzene rings is 1. The summed E-state index contributed by atoms with van der Waals surface area (Å²) in [5.41, 5.74) is 0. The number of fused-ring (bicyclic) bond motifs is 1. The molecule has 7 nitrogen and oxygen atoms in total. The van der Waals surface area contributed by atoms with E-state index < -0.39 is 0 Å². The van der Waals surface area contributed by atoms with Gasteiger partial charge in [0.1, 0.15) is 11.5 Å². The zero-order chi connectivity index (χ0) is 16.1. The van der Waals surface area contributed by atoms with E-state index in [1.807, 2.05) is 23.6 Å². The first-order chi connectivity index (χ1) is 11.3. The van der Waals surface area contributed by atoms with E-state index in [2.05, 4.69) is 15.5 Å². The van der Waals surface area contributed by atoms with Crippen LogP contribution >= 0.6 is 11.8 Å². The molecular formula is C15H18N4O3S. The highest BCUT2D eigenvalue weighted by molar-refractivity contribution is 7.99. The number of nitrogens with zero attached hydrogens (tertiary/aromatic N) is 3. The Bertz CT molecular complexity index is 672. The maximum Gasteiger partial charge on any atom is 0.264 e. The Morgan fingerprint density at radius 2 is 2.00 bits per heavy atom. The quantitative estimate of drug-likeness (QED) is 0.872. The number of rotatable bonds is 6. The van der Waals surface area contributed by atoms with Crippen molar-refractivity contribution >= 4 is 23.6 Å². The molecule has 1 aromatic carbocycles. The van der Waals surface area contributed by atoms with Gasteiger partial charge in [0.05, 0.1) is 6.61 Å². The zero-order valence-corrected chi connectivity index (χ0v) is 13.6. The Morgan fingerprint density at radius 3 is 2.74 bits per heavy atom. The van der Waals surface area contributed by atoms with Gasteiger partial charge in [-0.3, -0.25) is 14.7 Å². The van der Waals surface area contributed by atoms with E-state index in [0.717, 1.165) is 29.6 Å². The molecule has 1 amide bonds. The molecule has 0 spiro atoms. The van der Waals surface area contributed by atoms with Gasteiger partial charge in [0.15, 0.2) is 11.8 Å². The Kier molecular flexibility index (Phi) is 5.02. The summed E-state index contributed by atoms with van der Waals surface area (Å²) in [5.74, 6) is 2.64. The molecule has 0 unspecified atom stereocenters. The third-order valence-corrected chi connectivity index (χ3v) is 4.28. The molecule has 23 heavy (non-hydrogen) atoms. The highest BCUT2D eigenvalue weighted by atomic mass is 32.2. The molecule has 122 valence electrons. The van der Waals surface area contributed by atoms with Gasteiger partial charge in [0.25, 0.3) is 5.91 Å². The number of ether oxygens (including phenoxy) is 2. The van der Waals surface area contributed by atoms with Crippen molar-refractivity contribution in [3.05, 3.63) is 24.3 Å².